The van der Waals surface area contributed by atoms with Crippen molar-refractivity contribution in [3.63, 3.8) is 0 Å². The Morgan fingerprint density at radius 2 is 1.67 bits per heavy atom. The Labute approximate surface area is 160 Å². The van der Waals surface area contributed by atoms with Crippen LogP contribution in [0.15, 0.2) is 66.3 Å². The van der Waals surface area contributed by atoms with Crippen molar-refractivity contribution in [2.75, 3.05) is 5.32 Å². The Morgan fingerprint density at radius 3 is 2.37 bits per heavy atom. The largest absolute Gasteiger partial charge is 0.480 e. The van der Waals surface area contributed by atoms with Gasteiger partial charge in [0.15, 0.2) is 0 Å². The van der Waals surface area contributed by atoms with Crippen molar-refractivity contribution >= 4 is 33.3 Å². The number of anilines is 1. The van der Waals surface area contributed by atoms with Crippen LogP contribution in [0.25, 0.3) is 32.5 Å². The molecule has 0 aliphatic rings. The van der Waals surface area contributed by atoms with Crippen LogP contribution >= 0.6 is 11.3 Å². The summed E-state index contributed by atoms with van der Waals surface area (Å²) in [6.45, 7) is 1.59. The van der Waals surface area contributed by atoms with E-state index in [4.69, 9.17) is 0 Å². The number of fused-ring (bicyclic) bond motifs is 1. The van der Waals surface area contributed by atoms with Crippen LogP contribution in [0.5, 0.6) is 0 Å². The monoisotopic (exact) mass is 375 g/mol. The van der Waals surface area contributed by atoms with Crippen molar-refractivity contribution in [2.45, 2.75) is 13.0 Å². The van der Waals surface area contributed by atoms with Gasteiger partial charge >= 0.3 is 5.97 Å². The van der Waals surface area contributed by atoms with Gasteiger partial charge in [-0.1, -0.05) is 54.6 Å². The van der Waals surface area contributed by atoms with Gasteiger partial charge in [-0.05, 0) is 23.6 Å². The lowest BCUT2D eigenvalue weighted by Gasteiger charge is -2.12. The molecular formula is C21H17N3O2S. The van der Waals surface area contributed by atoms with Gasteiger partial charge in [-0.3, -0.25) is 4.79 Å². The predicted octanol–water partition coefficient (Wildman–Crippen LogP) is 4.91. The summed E-state index contributed by atoms with van der Waals surface area (Å²) in [5, 5.41) is 15.0. The molecule has 2 heterocycles. The van der Waals surface area contributed by atoms with E-state index in [9.17, 15) is 9.90 Å². The van der Waals surface area contributed by atoms with E-state index in [1.807, 2.05) is 23.6 Å². The lowest BCUT2D eigenvalue weighted by molar-refractivity contribution is -0.137. The standard InChI is InChI=1S/C21H17N3O2S/c1-13(21(25)26)24-19-18-17(11-27-20(18)23-12-22-19)16-9-7-15(8-10-16)14-5-3-2-4-6-14/h2-13H,1H3,(H,25,26)(H,22,23,24). The molecule has 0 aliphatic heterocycles. The second kappa shape index (κ2) is 7.17. The zero-order valence-electron chi connectivity index (χ0n) is 14.6. The maximum Gasteiger partial charge on any atom is 0.325 e. The normalized spacial score (nSPS) is 12.0. The van der Waals surface area contributed by atoms with Gasteiger partial charge in [-0.2, -0.15) is 0 Å². The highest BCUT2D eigenvalue weighted by Crippen LogP contribution is 2.37. The van der Waals surface area contributed by atoms with Crippen LogP contribution in [0.2, 0.25) is 0 Å². The van der Waals surface area contributed by atoms with Crippen LogP contribution in [0, 0.1) is 0 Å². The highest BCUT2D eigenvalue weighted by Gasteiger charge is 2.17. The molecule has 0 bridgehead atoms. The van der Waals surface area contributed by atoms with Crippen LogP contribution < -0.4 is 5.32 Å². The lowest BCUT2D eigenvalue weighted by atomic mass is 10.0. The average Bonchev–Trinajstić information content (AvgIpc) is 3.14. The first kappa shape index (κ1) is 17.2. The summed E-state index contributed by atoms with van der Waals surface area (Å²) in [5.41, 5.74) is 4.35. The second-order valence-electron chi connectivity index (χ2n) is 6.20. The Hall–Kier alpha value is -3.25. The molecule has 5 nitrogen and oxygen atoms in total. The number of carbonyl (C=O) groups is 1. The molecule has 4 rings (SSSR count). The summed E-state index contributed by atoms with van der Waals surface area (Å²) in [6, 6.07) is 17.8. The fraction of sp³-hybridized carbons (Fsp3) is 0.0952. The topological polar surface area (TPSA) is 75.1 Å². The molecule has 0 aliphatic carbocycles. The van der Waals surface area contributed by atoms with Crippen molar-refractivity contribution in [3.05, 3.63) is 66.3 Å². The van der Waals surface area contributed by atoms with Gasteiger partial charge in [0.05, 0.1) is 5.39 Å². The third-order valence-corrected chi connectivity index (χ3v) is 5.28. The minimum Gasteiger partial charge on any atom is -0.480 e. The Morgan fingerprint density at radius 1 is 1.00 bits per heavy atom. The van der Waals surface area contributed by atoms with Crippen LogP contribution in [0.4, 0.5) is 5.82 Å². The molecule has 6 heteroatoms. The zero-order chi connectivity index (χ0) is 18.8. The third-order valence-electron chi connectivity index (χ3n) is 4.40. The van der Waals surface area contributed by atoms with Crippen molar-refractivity contribution in [2.24, 2.45) is 0 Å². The molecule has 1 unspecified atom stereocenters. The van der Waals surface area contributed by atoms with Crippen molar-refractivity contribution in [1.29, 1.82) is 0 Å². The SMILES string of the molecule is CC(Nc1ncnc2scc(-c3ccc(-c4ccccc4)cc3)c12)C(=O)O. The number of rotatable bonds is 5. The van der Waals surface area contributed by atoms with Gasteiger partial charge < -0.3 is 10.4 Å². The van der Waals surface area contributed by atoms with E-state index in [1.165, 1.54) is 23.2 Å². The summed E-state index contributed by atoms with van der Waals surface area (Å²) in [6.07, 6.45) is 1.46. The Balaban J connectivity index is 1.75. The molecule has 0 radical (unpaired) electrons. The van der Waals surface area contributed by atoms with Crippen molar-refractivity contribution < 1.29 is 9.90 Å². The minimum atomic E-state index is -0.925. The van der Waals surface area contributed by atoms with Gasteiger partial charge in [0.25, 0.3) is 0 Å². The predicted molar refractivity (Wildman–Crippen MR) is 109 cm³/mol. The van der Waals surface area contributed by atoms with E-state index in [0.29, 0.717) is 5.82 Å². The van der Waals surface area contributed by atoms with Gasteiger partial charge in [0.2, 0.25) is 0 Å². The molecular weight excluding hydrogens is 358 g/mol. The number of aromatic nitrogens is 2. The van der Waals surface area contributed by atoms with E-state index < -0.39 is 12.0 Å². The van der Waals surface area contributed by atoms with E-state index in [0.717, 1.165) is 26.9 Å². The molecule has 134 valence electrons. The van der Waals surface area contributed by atoms with Crippen LogP contribution in [0.1, 0.15) is 6.92 Å². The molecule has 2 N–H and O–H groups in total. The number of carboxylic acids is 1. The molecule has 0 saturated heterocycles. The van der Waals surface area contributed by atoms with E-state index in [2.05, 4.69) is 51.7 Å². The summed E-state index contributed by atoms with van der Waals surface area (Å²) in [7, 11) is 0. The maximum absolute atomic E-state index is 11.2. The lowest BCUT2D eigenvalue weighted by Crippen LogP contribution is -2.26. The molecule has 2 aromatic carbocycles. The first-order valence-corrected chi connectivity index (χ1v) is 9.39. The number of benzene rings is 2. The zero-order valence-corrected chi connectivity index (χ0v) is 15.4. The summed E-state index contributed by atoms with van der Waals surface area (Å²) in [4.78, 5) is 20.6. The number of hydrogen-bond donors (Lipinski definition) is 2. The van der Waals surface area contributed by atoms with Gasteiger partial charge in [0, 0.05) is 10.9 Å². The smallest absolute Gasteiger partial charge is 0.325 e. The number of aliphatic carboxylic acids is 1. The van der Waals surface area contributed by atoms with Crippen LogP contribution in [-0.4, -0.2) is 27.1 Å². The summed E-state index contributed by atoms with van der Waals surface area (Å²) < 4.78 is 0. The highest BCUT2D eigenvalue weighted by molar-refractivity contribution is 7.17. The number of carboxylic acid groups (broad SMARTS) is 1. The average molecular weight is 375 g/mol. The number of nitrogens with one attached hydrogen (secondary N) is 1. The second-order valence-corrected chi connectivity index (χ2v) is 7.06. The van der Waals surface area contributed by atoms with Crippen LogP contribution in [0.3, 0.4) is 0 Å². The highest BCUT2D eigenvalue weighted by atomic mass is 32.1. The van der Waals surface area contributed by atoms with Crippen molar-refractivity contribution in [3.8, 4) is 22.3 Å². The molecule has 0 spiro atoms. The summed E-state index contributed by atoms with van der Waals surface area (Å²) >= 11 is 1.52. The molecule has 1 atom stereocenters. The first-order valence-electron chi connectivity index (χ1n) is 8.51. The van der Waals surface area contributed by atoms with Gasteiger partial charge in [-0.15, -0.1) is 11.3 Å². The van der Waals surface area contributed by atoms with E-state index in [1.54, 1.807) is 6.92 Å². The van der Waals surface area contributed by atoms with Crippen molar-refractivity contribution in [1.82, 2.24) is 9.97 Å². The minimum absolute atomic E-state index is 0.540. The summed E-state index contributed by atoms with van der Waals surface area (Å²) in [5.74, 6) is -0.385. The Bertz CT molecular complexity index is 1090. The quantitative estimate of drug-likeness (QED) is 0.518. The number of nitrogens with zero attached hydrogens (tertiary/aromatic N) is 2. The molecule has 0 fully saturated rings. The van der Waals surface area contributed by atoms with Gasteiger partial charge in [0.1, 0.15) is 23.0 Å². The Kier molecular flexibility index (Phi) is 4.56. The van der Waals surface area contributed by atoms with E-state index in [-0.39, 0.29) is 0 Å². The third kappa shape index (κ3) is 3.39. The fourth-order valence-corrected chi connectivity index (χ4v) is 3.85. The fourth-order valence-electron chi connectivity index (χ4n) is 2.94. The molecule has 27 heavy (non-hydrogen) atoms. The number of hydrogen-bond acceptors (Lipinski definition) is 5. The molecule has 0 amide bonds. The van der Waals surface area contributed by atoms with Crippen LogP contribution in [-0.2, 0) is 4.79 Å². The molecule has 2 aromatic heterocycles. The first-order chi connectivity index (χ1) is 13.1. The van der Waals surface area contributed by atoms with Gasteiger partial charge in [-0.25, -0.2) is 9.97 Å². The maximum atomic E-state index is 11.2. The van der Waals surface area contributed by atoms with E-state index >= 15 is 0 Å². The molecule has 4 aromatic rings. The molecule has 0 saturated carbocycles. The number of thiophene rings is 1.